The van der Waals surface area contributed by atoms with Crippen molar-refractivity contribution in [1.29, 1.82) is 0 Å². The lowest BCUT2D eigenvalue weighted by atomic mass is 10.0. The molecule has 2 heterocycles. The standard InChI is InChI=1S/C16H29N3O2/c20-15(7-6-14-8-10-17-13-14)18-9-4-12-19-11-3-1-2-5-16(19)21/h14,17H,1-13H2,(H,18,20). The number of carbonyl (C=O) groups is 2. The van der Waals surface area contributed by atoms with Gasteiger partial charge in [-0.2, -0.15) is 0 Å². The maximum atomic E-state index is 11.8. The Morgan fingerprint density at radius 1 is 1.33 bits per heavy atom. The molecule has 0 saturated carbocycles. The quantitative estimate of drug-likeness (QED) is 0.696. The maximum Gasteiger partial charge on any atom is 0.222 e. The second kappa shape index (κ2) is 9.03. The van der Waals surface area contributed by atoms with Gasteiger partial charge in [0.05, 0.1) is 0 Å². The van der Waals surface area contributed by atoms with Crippen LogP contribution in [0.1, 0.15) is 51.4 Å². The van der Waals surface area contributed by atoms with Crippen LogP contribution >= 0.6 is 0 Å². The van der Waals surface area contributed by atoms with Crippen LogP contribution in [0.5, 0.6) is 0 Å². The molecule has 5 heteroatoms. The van der Waals surface area contributed by atoms with Crippen molar-refractivity contribution >= 4 is 11.8 Å². The summed E-state index contributed by atoms with van der Waals surface area (Å²) in [5.41, 5.74) is 0. The summed E-state index contributed by atoms with van der Waals surface area (Å²) in [5, 5.41) is 6.30. The first-order chi connectivity index (χ1) is 10.3. The van der Waals surface area contributed by atoms with Gasteiger partial charge in [-0.15, -0.1) is 0 Å². The molecule has 0 aromatic rings. The summed E-state index contributed by atoms with van der Waals surface area (Å²) in [4.78, 5) is 25.5. The molecule has 0 aromatic heterocycles. The molecule has 2 aliphatic heterocycles. The Bertz CT molecular complexity index is 340. The van der Waals surface area contributed by atoms with Gasteiger partial charge in [0.2, 0.25) is 11.8 Å². The molecule has 0 aliphatic carbocycles. The van der Waals surface area contributed by atoms with E-state index in [4.69, 9.17) is 0 Å². The first kappa shape index (κ1) is 16.3. The van der Waals surface area contributed by atoms with Gasteiger partial charge >= 0.3 is 0 Å². The van der Waals surface area contributed by atoms with E-state index in [-0.39, 0.29) is 11.8 Å². The molecule has 0 aromatic carbocycles. The zero-order valence-corrected chi connectivity index (χ0v) is 13.0. The third-order valence-electron chi connectivity index (χ3n) is 4.54. The van der Waals surface area contributed by atoms with Crippen LogP contribution in [0.25, 0.3) is 0 Å². The molecule has 2 amide bonds. The minimum absolute atomic E-state index is 0.157. The van der Waals surface area contributed by atoms with Crippen LogP contribution in [0.4, 0.5) is 0 Å². The molecule has 5 nitrogen and oxygen atoms in total. The van der Waals surface area contributed by atoms with E-state index in [1.54, 1.807) is 0 Å². The molecule has 120 valence electrons. The molecule has 0 radical (unpaired) electrons. The van der Waals surface area contributed by atoms with Crippen LogP contribution in [0, 0.1) is 5.92 Å². The topological polar surface area (TPSA) is 61.4 Å². The SMILES string of the molecule is O=C(CCC1CCNC1)NCCCN1CCCCCC1=O. The van der Waals surface area contributed by atoms with Crippen LogP contribution in [0.3, 0.4) is 0 Å². The number of hydrogen-bond donors (Lipinski definition) is 2. The average molecular weight is 295 g/mol. The van der Waals surface area contributed by atoms with Crippen molar-refractivity contribution in [3.05, 3.63) is 0 Å². The second-order valence-corrected chi connectivity index (χ2v) is 6.29. The first-order valence-electron chi connectivity index (χ1n) is 8.51. The molecular formula is C16H29N3O2. The summed E-state index contributed by atoms with van der Waals surface area (Å²) >= 11 is 0. The van der Waals surface area contributed by atoms with Gasteiger partial charge in [0.25, 0.3) is 0 Å². The molecule has 2 rings (SSSR count). The molecule has 1 unspecified atom stereocenters. The van der Waals surface area contributed by atoms with E-state index < -0.39 is 0 Å². The highest BCUT2D eigenvalue weighted by molar-refractivity contribution is 5.76. The van der Waals surface area contributed by atoms with Gasteiger partial charge in [-0.3, -0.25) is 9.59 Å². The summed E-state index contributed by atoms with van der Waals surface area (Å²) in [6.45, 7) is 4.51. The molecular weight excluding hydrogens is 266 g/mol. The van der Waals surface area contributed by atoms with Crippen molar-refractivity contribution in [1.82, 2.24) is 15.5 Å². The first-order valence-corrected chi connectivity index (χ1v) is 8.51. The molecule has 2 aliphatic rings. The average Bonchev–Trinajstić information content (AvgIpc) is 2.92. The number of nitrogens with one attached hydrogen (secondary N) is 2. The summed E-state index contributed by atoms with van der Waals surface area (Å²) in [5.74, 6) is 1.11. The van der Waals surface area contributed by atoms with Crippen LogP contribution in [0.2, 0.25) is 0 Å². The van der Waals surface area contributed by atoms with Gasteiger partial charge in [-0.25, -0.2) is 0 Å². The number of carbonyl (C=O) groups excluding carboxylic acids is 2. The van der Waals surface area contributed by atoms with Crippen molar-refractivity contribution in [3.8, 4) is 0 Å². The van der Waals surface area contributed by atoms with E-state index in [1.165, 1.54) is 6.42 Å². The number of nitrogens with zero attached hydrogens (tertiary/aromatic N) is 1. The molecule has 2 N–H and O–H groups in total. The van der Waals surface area contributed by atoms with Gasteiger partial charge in [0, 0.05) is 32.5 Å². The normalized spacial score (nSPS) is 23.1. The molecule has 2 fully saturated rings. The van der Waals surface area contributed by atoms with E-state index >= 15 is 0 Å². The summed E-state index contributed by atoms with van der Waals surface area (Å²) in [6.07, 6.45) is 7.69. The molecule has 0 spiro atoms. The predicted octanol–water partition coefficient (Wildman–Crippen LogP) is 1.29. The second-order valence-electron chi connectivity index (χ2n) is 6.29. The lowest BCUT2D eigenvalue weighted by molar-refractivity contribution is -0.130. The Labute approximate surface area is 127 Å². The lowest BCUT2D eigenvalue weighted by Gasteiger charge is -2.20. The van der Waals surface area contributed by atoms with Gasteiger partial charge in [-0.05, 0) is 51.1 Å². The van der Waals surface area contributed by atoms with Crippen molar-refractivity contribution in [3.63, 3.8) is 0 Å². The van der Waals surface area contributed by atoms with Gasteiger partial charge in [-0.1, -0.05) is 6.42 Å². The fourth-order valence-corrected chi connectivity index (χ4v) is 3.16. The van der Waals surface area contributed by atoms with E-state index in [0.29, 0.717) is 25.3 Å². The number of rotatable bonds is 7. The summed E-state index contributed by atoms with van der Waals surface area (Å²) in [7, 11) is 0. The van der Waals surface area contributed by atoms with E-state index in [2.05, 4.69) is 10.6 Å². The van der Waals surface area contributed by atoms with Crippen LogP contribution in [0.15, 0.2) is 0 Å². The van der Waals surface area contributed by atoms with E-state index in [0.717, 1.165) is 58.3 Å². The molecule has 1 atom stereocenters. The number of hydrogen-bond acceptors (Lipinski definition) is 3. The Balaban J connectivity index is 1.51. The van der Waals surface area contributed by atoms with E-state index in [1.807, 2.05) is 4.90 Å². The number of amides is 2. The maximum absolute atomic E-state index is 11.8. The van der Waals surface area contributed by atoms with Crippen LogP contribution in [-0.2, 0) is 9.59 Å². The fourth-order valence-electron chi connectivity index (χ4n) is 3.16. The smallest absolute Gasteiger partial charge is 0.222 e. The highest BCUT2D eigenvalue weighted by atomic mass is 16.2. The molecule has 21 heavy (non-hydrogen) atoms. The number of likely N-dealkylation sites (tertiary alicyclic amines) is 1. The van der Waals surface area contributed by atoms with Crippen LogP contribution < -0.4 is 10.6 Å². The Kier molecular flexibility index (Phi) is 7.00. The van der Waals surface area contributed by atoms with Gasteiger partial charge < -0.3 is 15.5 Å². The highest BCUT2D eigenvalue weighted by Crippen LogP contribution is 2.14. The summed E-state index contributed by atoms with van der Waals surface area (Å²) in [6, 6.07) is 0. The predicted molar refractivity (Wildman–Crippen MR) is 82.9 cm³/mol. The fraction of sp³-hybridized carbons (Fsp3) is 0.875. The Morgan fingerprint density at radius 2 is 2.24 bits per heavy atom. The van der Waals surface area contributed by atoms with Gasteiger partial charge in [0.15, 0.2) is 0 Å². The van der Waals surface area contributed by atoms with Crippen molar-refractivity contribution in [2.75, 3.05) is 32.7 Å². The monoisotopic (exact) mass is 295 g/mol. The molecule has 0 bridgehead atoms. The van der Waals surface area contributed by atoms with Crippen molar-refractivity contribution < 1.29 is 9.59 Å². The van der Waals surface area contributed by atoms with Crippen LogP contribution in [-0.4, -0.2) is 49.4 Å². The third kappa shape index (κ3) is 6.04. The Morgan fingerprint density at radius 3 is 3.05 bits per heavy atom. The summed E-state index contributed by atoms with van der Waals surface area (Å²) < 4.78 is 0. The largest absolute Gasteiger partial charge is 0.356 e. The van der Waals surface area contributed by atoms with Gasteiger partial charge in [0.1, 0.15) is 0 Å². The van der Waals surface area contributed by atoms with Crippen molar-refractivity contribution in [2.24, 2.45) is 5.92 Å². The Hall–Kier alpha value is -1.10. The highest BCUT2D eigenvalue weighted by Gasteiger charge is 2.17. The minimum atomic E-state index is 0.157. The zero-order valence-electron chi connectivity index (χ0n) is 13.0. The minimum Gasteiger partial charge on any atom is -0.356 e. The van der Waals surface area contributed by atoms with Crippen molar-refractivity contribution in [2.45, 2.75) is 51.4 Å². The lowest BCUT2D eigenvalue weighted by Crippen LogP contribution is -2.34. The molecule has 2 saturated heterocycles. The van der Waals surface area contributed by atoms with E-state index in [9.17, 15) is 9.59 Å². The zero-order chi connectivity index (χ0) is 14.9. The third-order valence-corrected chi connectivity index (χ3v) is 4.54.